The Labute approximate surface area is 188 Å². The molecule has 0 atom stereocenters. The van der Waals surface area contributed by atoms with E-state index < -0.39 is 0 Å². The number of rotatable bonds is 5. The number of ether oxygens (including phenoxy) is 1. The summed E-state index contributed by atoms with van der Waals surface area (Å²) in [5, 5.41) is 4.84. The first-order chi connectivity index (χ1) is 15.0. The molecule has 3 aromatic rings. The molecule has 1 aromatic heterocycles. The van der Waals surface area contributed by atoms with Gasteiger partial charge in [0.05, 0.1) is 13.4 Å². The van der Waals surface area contributed by atoms with E-state index in [-0.39, 0.29) is 11.9 Å². The van der Waals surface area contributed by atoms with E-state index in [2.05, 4.69) is 5.32 Å². The maximum absolute atomic E-state index is 12.7. The summed E-state index contributed by atoms with van der Waals surface area (Å²) >= 11 is 6.04. The summed E-state index contributed by atoms with van der Waals surface area (Å²) in [6.45, 7) is 1.94. The number of allylic oxidation sites excluding steroid dienone is 1. The Kier molecular flexibility index (Phi) is 6.67. The van der Waals surface area contributed by atoms with Gasteiger partial charge in [-0.25, -0.2) is 0 Å². The third kappa shape index (κ3) is 4.96. The lowest BCUT2D eigenvalue weighted by atomic mass is 9.99. The molecule has 5 heteroatoms. The molecule has 1 saturated carbocycles. The Hall–Kier alpha value is -2.72. The van der Waals surface area contributed by atoms with Crippen LogP contribution in [0.2, 0.25) is 5.02 Å². The van der Waals surface area contributed by atoms with Gasteiger partial charge in [-0.15, -0.1) is 0 Å². The average molecular weight is 438 g/mol. The smallest absolute Gasteiger partial charge is 0.244 e. The van der Waals surface area contributed by atoms with E-state index in [9.17, 15) is 4.79 Å². The molecule has 1 fully saturated rings. The average Bonchev–Trinajstić information content (AvgIpc) is 3.00. The zero-order chi connectivity index (χ0) is 21.8. The molecule has 1 heterocycles. The number of hydrogen-bond donors (Lipinski definition) is 1. The molecule has 4 rings (SSSR count). The monoisotopic (exact) mass is 437 g/mol. The topological polar surface area (TPSA) is 51.5 Å². The number of fused-ring (bicyclic) bond motifs is 1. The summed E-state index contributed by atoms with van der Waals surface area (Å²) < 4.78 is 11.4. The van der Waals surface area contributed by atoms with Crippen LogP contribution in [-0.2, 0) is 4.79 Å². The largest absolute Gasteiger partial charge is 0.496 e. The molecule has 0 unspecified atom stereocenters. The summed E-state index contributed by atoms with van der Waals surface area (Å²) in [4.78, 5) is 12.7. The number of nitrogens with one attached hydrogen (secondary N) is 1. The van der Waals surface area contributed by atoms with Gasteiger partial charge in [-0.3, -0.25) is 4.79 Å². The minimum atomic E-state index is -0.0448. The molecule has 4 nitrogen and oxygen atoms in total. The molecule has 162 valence electrons. The van der Waals surface area contributed by atoms with Gasteiger partial charge in [0.15, 0.2) is 0 Å². The van der Waals surface area contributed by atoms with Crippen molar-refractivity contribution in [1.29, 1.82) is 0 Å². The summed E-state index contributed by atoms with van der Waals surface area (Å²) in [6.07, 6.45) is 10.4. The maximum Gasteiger partial charge on any atom is 0.244 e. The molecular formula is C26H28ClNO3. The Morgan fingerprint density at radius 2 is 1.84 bits per heavy atom. The van der Waals surface area contributed by atoms with E-state index in [0.717, 1.165) is 46.1 Å². The van der Waals surface area contributed by atoms with Crippen LogP contribution in [0.25, 0.3) is 27.7 Å². The number of furan rings is 1. The zero-order valence-electron chi connectivity index (χ0n) is 18.0. The number of carbonyl (C=O) groups is 1. The zero-order valence-corrected chi connectivity index (χ0v) is 18.8. The Morgan fingerprint density at radius 3 is 2.52 bits per heavy atom. The molecule has 1 aliphatic rings. The highest BCUT2D eigenvalue weighted by molar-refractivity contribution is 6.30. The second-order valence-corrected chi connectivity index (χ2v) is 8.67. The van der Waals surface area contributed by atoms with Crippen molar-refractivity contribution < 1.29 is 13.9 Å². The highest BCUT2D eigenvalue weighted by atomic mass is 35.5. The third-order valence-electron chi connectivity index (χ3n) is 6.02. The van der Waals surface area contributed by atoms with Crippen molar-refractivity contribution >= 4 is 34.1 Å². The van der Waals surface area contributed by atoms with Gasteiger partial charge in [0.1, 0.15) is 11.3 Å². The second-order valence-electron chi connectivity index (χ2n) is 8.23. The van der Waals surface area contributed by atoms with E-state index in [1.165, 1.54) is 25.7 Å². The van der Waals surface area contributed by atoms with Gasteiger partial charge >= 0.3 is 0 Å². The van der Waals surface area contributed by atoms with Crippen LogP contribution in [-0.4, -0.2) is 19.1 Å². The predicted molar refractivity (Wildman–Crippen MR) is 126 cm³/mol. The minimum Gasteiger partial charge on any atom is -0.496 e. The highest BCUT2D eigenvalue weighted by Gasteiger charge is 2.17. The van der Waals surface area contributed by atoms with Gasteiger partial charge in [-0.1, -0.05) is 49.4 Å². The van der Waals surface area contributed by atoms with Crippen LogP contribution in [0, 0.1) is 0 Å². The number of benzene rings is 2. The predicted octanol–water partition coefficient (Wildman–Crippen LogP) is 7.00. The summed E-state index contributed by atoms with van der Waals surface area (Å²) in [7, 11) is 1.63. The SMILES string of the molecule is COc1cc2occ(-c3ccc(Cl)cc3)c2cc1/C(C)=C/C(=O)NC1CCCCCC1. The lowest BCUT2D eigenvalue weighted by Crippen LogP contribution is -2.33. The highest BCUT2D eigenvalue weighted by Crippen LogP contribution is 2.37. The fourth-order valence-corrected chi connectivity index (χ4v) is 4.45. The lowest BCUT2D eigenvalue weighted by Gasteiger charge is -2.15. The molecule has 2 aromatic carbocycles. The number of hydrogen-bond acceptors (Lipinski definition) is 3. The summed E-state index contributed by atoms with van der Waals surface area (Å²) in [6, 6.07) is 11.9. The quantitative estimate of drug-likeness (QED) is 0.345. The molecule has 0 radical (unpaired) electrons. The van der Waals surface area contributed by atoms with Crippen molar-refractivity contribution in [3.05, 3.63) is 59.3 Å². The first kappa shape index (κ1) is 21.5. The van der Waals surface area contributed by atoms with Crippen molar-refractivity contribution in [1.82, 2.24) is 5.32 Å². The van der Waals surface area contributed by atoms with E-state index in [4.69, 9.17) is 20.8 Å². The first-order valence-electron chi connectivity index (χ1n) is 10.9. The van der Waals surface area contributed by atoms with Gasteiger partial charge in [0, 0.05) is 39.7 Å². The van der Waals surface area contributed by atoms with Gasteiger partial charge < -0.3 is 14.5 Å². The fraction of sp³-hybridized carbons (Fsp3) is 0.346. The third-order valence-corrected chi connectivity index (χ3v) is 6.28. The normalized spacial score (nSPS) is 15.6. The van der Waals surface area contributed by atoms with Gasteiger partial charge in [-0.2, -0.15) is 0 Å². The Balaban J connectivity index is 1.64. The molecule has 0 saturated heterocycles. The van der Waals surface area contributed by atoms with Crippen molar-refractivity contribution in [2.45, 2.75) is 51.5 Å². The molecular weight excluding hydrogens is 410 g/mol. The summed E-state index contributed by atoms with van der Waals surface area (Å²) in [5.41, 5.74) is 4.47. The van der Waals surface area contributed by atoms with Crippen LogP contribution in [0.1, 0.15) is 51.0 Å². The number of amides is 1. The molecule has 1 N–H and O–H groups in total. The van der Waals surface area contributed by atoms with Crippen molar-refractivity contribution in [2.75, 3.05) is 7.11 Å². The first-order valence-corrected chi connectivity index (χ1v) is 11.3. The van der Waals surface area contributed by atoms with Crippen LogP contribution in [0.4, 0.5) is 0 Å². The van der Waals surface area contributed by atoms with Gasteiger partial charge in [-0.05, 0) is 49.1 Å². The fourth-order valence-electron chi connectivity index (χ4n) is 4.33. The minimum absolute atomic E-state index is 0.0448. The van der Waals surface area contributed by atoms with Gasteiger partial charge in [0.25, 0.3) is 0 Å². The molecule has 0 spiro atoms. The van der Waals surface area contributed by atoms with E-state index in [0.29, 0.717) is 10.8 Å². The Bertz CT molecular complexity index is 1090. The van der Waals surface area contributed by atoms with Crippen LogP contribution in [0.3, 0.4) is 0 Å². The van der Waals surface area contributed by atoms with Gasteiger partial charge in [0.2, 0.25) is 5.91 Å². The van der Waals surface area contributed by atoms with E-state index in [1.807, 2.05) is 43.3 Å². The van der Waals surface area contributed by atoms with E-state index >= 15 is 0 Å². The standard InChI is InChI=1S/C26H28ClNO3/c1-17(13-26(29)28-20-7-5-3-4-6-8-20)21-14-22-23(18-9-11-19(27)12-10-18)16-31-25(22)15-24(21)30-2/h9-16,20H,3-8H2,1-2H3,(H,28,29)/b17-13+. The molecule has 1 amide bonds. The van der Waals surface area contributed by atoms with Crippen molar-refractivity contribution in [3.8, 4) is 16.9 Å². The molecule has 1 aliphatic carbocycles. The van der Waals surface area contributed by atoms with Crippen LogP contribution in [0.15, 0.2) is 53.2 Å². The Morgan fingerprint density at radius 1 is 1.13 bits per heavy atom. The second kappa shape index (κ2) is 9.61. The molecule has 0 bridgehead atoms. The maximum atomic E-state index is 12.7. The number of methoxy groups -OCH3 is 1. The van der Waals surface area contributed by atoms with Crippen LogP contribution < -0.4 is 10.1 Å². The molecule has 0 aliphatic heterocycles. The van der Waals surface area contributed by atoms with Crippen LogP contribution in [0.5, 0.6) is 5.75 Å². The van der Waals surface area contributed by atoms with Crippen molar-refractivity contribution in [3.63, 3.8) is 0 Å². The lowest BCUT2D eigenvalue weighted by molar-refractivity contribution is -0.117. The number of carbonyl (C=O) groups excluding carboxylic acids is 1. The molecule has 31 heavy (non-hydrogen) atoms. The number of halogens is 1. The summed E-state index contributed by atoms with van der Waals surface area (Å²) in [5.74, 6) is 0.636. The van der Waals surface area contributed by atoms with Crippen LogP contribution >= 0.6 is 11.6 Å². The van der Waals surface area contributed by atoms with Crippen molar-refractivity contribution in [2.24, 2.45) is 0 Å². The van der Waals surface area contributed by atoms with E-state index in [1.54, 1.807) is 19.4 Å².